The third-order valence-corrected chi connectivity index (χ3v) is 4.18. The first-order chi connectivity index (χ1) is 9.11. The summed E-state index contributed by atoms with van der Waals surface area (Å²) < 4.78 is 0. The second-order valence-corrected chi connectivity index (χ2v) is 6.21. The van der Waals surface area contributed by atoms with Crippen LogP contribution in [-0.2, 0) is 0 Å². The summed E-state index contributed by atoms with van der Waals surface area (Å²) in [6.07, 6.45) is 17.5. The molecule has 0 spiro atoms. The third-order valence-electron chi connectivity index (χ3n) is 4.18. The van der Waals surface area contributed by atoms with Gasteiger partial charge in [-0.15, -0.1) is 19.7 Å². The van der Waals surface area contributed by atoms with E-state index in [0.29, 0.717) is 5.41 Å². The van der Waals surface area contributed by atoms with Gasteiger partial charge in [-0.05, 0) is 49.9 Å². The molecule has 0 fully saturated rings. The number of hydrogen-bond donors (Lipinski definition) is 0. The maximum atomic E-state index is 3.94. The highest BCUT2D eigenvalue weighted by atomic mass is 14.3. The predicted molar refractivity (Wildman–Crippen MR) is 89.4 cm³/mol. The number of allylic oxidation sites excluding steroid dienone is 3. The number of unbranched alkanes of at least 4 members (excludes halogenated alkanes) is 2. The molecule has 0 N–H and O–H groups in total. The van der Waals surface area contributed by atoms with Gasteiger partial charge in [-0.2, -0.15) is 0 Å². The number of hydrogen-bond acceptors (Lipinski definition) is 0. The Morgan fingerprint density at radius 3 is 2.05 bits per heavy atom. The molecule has 19 heavy (non-hydrogen) atoms. The fourth-order valence-electron chi connectivity index (χ4n) is 2.84. The summed E-state index contributed by atoms with van der Waals surface area (Å²) in [5.74, 6) is 0.727. The van der Waals surface area contributed by atoms with E-state index in [0.717, 1.165) is 25.2 Å². The molecule has 0 radical (unpaired) electrons. The molecule has 0 aliphatic carbocycles. The van der Waals surface area contributed by atoms with Crippen molar-refractivity contribution in [3.8, 4) is 0 Å². The van der Waals surface area contributed by atoms with Crippen molar-refractivity contribution in [2.75, 3.05) is 0 Å². The molecule has 0 saturated carbocycles. The van der Waals surface area contributed by atoms with Crippen molar-refractivity contribution in [2.45, 2.75) is 71.6 Å². The molecular weight excluding hydrogens is 228 g/mol. The lowest BCUT2D eigenvalue weighted by molar-refractivity contribution is 0.238. The summed E-state index contributed by atoms with van der Waals surface area (Å²) in [4.78, 5) is 0. The molecule has 0 saturated heterocycles. The summed E-state index contributed by atoms with van der Waals surface area (Å²) in [7, 11) is 0. The average Bonchev–Trinajstić information content (AvgIpc) is 2.37. The normalized spacial score (nSPS) is 14.1. The van der Waals surface area contributed by atoms with Crippen LogP contribution in [0.25, 0.3) is 0 Å². The fraction of sp³-hybridized carbons (Fsp3) is 0.684. The van der Waals surface area contributed by atoms with Crippen LogP contribution in [0, 0.1) is 11.3 Å². The van der Waals surface area contributed by atoms with E-state index in [9.17, 15) is 0 Å². The lowest BCUT2D eigenvalue weighted by Gasteiger charge is -2.30. The van der Waals surface area contributed by atoms with Gasteiger partial charge in [0.25, 0.3) is 0 Å². The van der Waals surface area contributed by atoms with Gasteiger partial charge in [0.1, 0.15) is 0 Å². The van der Waals surface area contributed by atoms with Crippen LogP contribution in [0.4, 0.5) is 0 Å². The highest BCUT2D eigenvalue weighted by Crippen LogP contribution is 2.36. The van der Waals surface area contributed by atoms with Gasteiger partial charge in [0.05, 0.1) is 0 Å². The second-order valence-electron chi connectivity index (χ2n) is 6.21. The maximum Gasteiger partial charge on any atom is -0.0291 e. The van der Waals surface area contributed by atoms with Crippen LogP contribution >= 0.6 is 0 Å². The summed E-state index contributed by atoms with van der Waals surface area (Å²) >= 11 is 0. The first-order valence-electron chi connectivity index (χ1n) is 7.94. The zero-order valence-electron chi connectivity index (χ0n) is 13.3. The Hall–Kier alpha value is -0.780. The van der Waals surface area contributed by atoms with Gasteiger partial charge in [0.15, 0.2) is 0 Å². The van der Waals surface area contributed by atoms with E-state index in [1.54, 1.807) is 0 Å². The average molecular weight is 262 g/mol. The predicted octanol–water partition coefficient (Wildman–Crippen LogP) is 6.70. The van der Waals surface area contributed by atoms with Gasteiger partial charge in [-0.1, -0.05) is 51.3 Å². The Morgan fingerprint density at radius 1 is 0.947 bits per heavy atom. The molecule has 1 atom stereocenters. The SMILES string of the molecule is C=CCC(CC=C)CCC(C)(CC=C)CCCCC. The molecule has 0 rings (SSSR count). The largest absolute Gasteiger partial charge is 0.103 e. The Morgan fingerprint density at radius 2 is 1.58 bits per heavy atom. The Balaban J connectivity index is 4.32. The Bertz CT molecular complexity index is 241. The van der Waals surface area contributed by atoms with E-state index in [1.807, 2.05) is 0 Å². The molecule has 0 aliphatic rings. The van der Waals surface area contributed by atoms with Gasteiger partial charge >= 0.3 is 0 Å². The molecule has 0 aromatic carbocycles. The molecule has 1 unspecified atom stereocenters. The van der Waals surface area contributed by atoms with E-state index >= 15 is 0 Å². The van der Waals surface area contributed by atoms with Crippen molar-refractivity contribution in [1.29, 1.82) is 0 Å². The van der Waals surface area contributed by atoms with Crippen LogP contribution in [0.15, 0.2) is 38.0 Å². The van der Waals surface area contributed by atoms with Gasteiger partial charge in [-0.25, -0.2) is 0 Å². The molecule has 0 nitrogen and oxygen atoms in total. The zero-order chi connectivity index (χ0) is 14.6. The topological polar surface area (TPSA) is 0 Å². The zero-order valence-corrected chi connectivity index (χ0v) is 13.3. The minimum absolute atomic E-state index is 0.442. The van der Waals surface area contributed by atoms with Crippen molar-refractivity contribution in [1.82, 2.24) is 0 Å². The van der Waals surface area contributed by atoms with Crippen LogP contribution < -0.4 is 0 Å². The molecule has 0 heteroatoms. The molecule has 0 aliphatic heterocycles. The first kappa shape index (κ1) is 18.2. The molecule has 0 heterocycles. The van der Waals surface area contributed by atoms with Crippen molar-refractivity contribution in [2.24, 2.45) is 11.3 Å². The van der Waals surface area contributed by atoms with Crippen molar-refractivity contribution < 1.29 is 0 Å². The van der Waals surface area contributed by atoms with Crippen molar-refractivity contribution in [3.63, 3.8) is 0 Å². The number of rotatable bonds is 13. The standard InChI is InChI=1S/C19H34/c1-6-10-11-16-19(5,15-9-4)17-14-18(12-7-2)13-8-3/h7-9,18H,2-4,6,10-17H2,1,5H3. The Kier molecular flexibility index (Phi) is 10.6. The van der Waals surface area contributed by atoms with Crippen LogP contribution in [-0.4, -0.2) is 0 Å². The van der Waals surface area contributed by atoms with Crippen molar-refractivity contribution in [3.05, 3.63) is 38.0 Å². The summed E-state index contributed by atoms with van der Waals surface area (Å²) in [6.45, 7) is 16.4. The van der Waals surface area contributed by atoms with Gasteiger partial charge in [0.2, 0.25) is 0 Å². The second kappa shape index (κ2) is 11.1. The third kappa shape index (κ3) is 8.86. The smallest absolute Gasteiger partial charge is 0.0291 e. The van der Waals surface area contributed by atoms with E-state index in [4.69, 9.17) is 0 Å². The first-order valence-corrected chi connectivity index (χ1v) is 7.94. The molecular formula is C19H34. The van der Waals surface area contributed by atoms with Gasteiger partial charge in [0, 0.05) is 0 Å². The lowest BCUT2D eigenvalue weighted by atomic mass is 9.75. The van der Waals surface area contributed by atoms with Crippen LogP contribution in [0.3, 0.4) is 0 Å². The molecule has 0 aromatic rings. The molecule has 110 valence electrons. The van der Waals surface area contributed by atoms with Crippen LogP contribution in [0.5, 0.6) is 0 Å². The van der Waals surface area contributed by atoms with Gasteiger partial charge < -0.3 is 0 Å². The molecule has 0 amide bonds. The van der Waals surface area contributed by atoms with E-state index in [-0.39, 0.29) is 0 Å². The maximum absolute atomic E-state index is 3.94. The molecule has 0 bridgehead atoms. The van der Waals surface area contributed by atoms with Crippen LogP contribution in [0.2, 0.25) is 0 Å². The monoisotopic (exact) mass is 262 g/mol. The minimum atomic E-state index is 0.442. The quantitative estimate of drug-likeness (QED) is 0.256. The minimum Gasteiger partial charge on any atom is -0.103 e. The Labute approximate surface area is 121 Å². The molecule has 0 aromatic heterocycles. The highest BCUT2D eigenvalue weighted by Gasteiger charge is 2.23. The van der Waals surface area contributed by atoms with E-state index in [2.05, 4.69) is 51.8 Å². The van der Waals surface area contributed by atoms with Gasteiger partial charge in [-0.3, -0.25) is 0 Å². The van der Waals surface area contributed by atoms with Crippen molar-refractivity contribution >= 4 is 0 Å². The van der Waals surface area contributed by atoms with E-state index < -0.39 is 0 Å². The summed E-state index contributed by atoms with van der Waals surface area (Å²) in [5, 5.41) is 0. The summed E-state index contributed by atoms with van der Waals surface area (Å²) in [6, 6.07) is 0. The summed E-state index contributed by atoms with van der Waals surface area (Å²) in [5.41, 5.74) is 0.442. The fourth-order valence-corrected chi connectivity index (χ4v) is 2.84. The van der Waals surface area contributed by atoms with Crippen LogP contribution in [0.1, 0.15) is 71.6 Å². The highest BCUT2D eigenvalue weighted by molar-refractivity contribution is 4.86. The lowest BCUT2D eigenvalue weighted by Crippen LogP contribution is -2.17. The van der Waals surface area contributed by atoms with E-state index in [1.165, 1.54) is 38.5 Å².